The molecule has 0 fully saturated rings. The van der Waals surface area contributed by atoms with Crippen LogP contribution in [0.5, 0.6) is 0 Å². The molecule has 0 unspecified atom stereocenters. The maximum Gasteiger partial charge on any atom is 0.330 e. The Bertz CT molecular complexity index is 122. The molecular formula is C9H16O2. The predicted octanol–water partition coefficient (Wildman–Crippen LogP) is 2.32. The molecule has 0 heterocycles. The lowest BCUT2D eigenvalue weighted by Crippen LogP contribution is -1.97. The van der Waals surface area contributed by atoms with Crippen molar-refractivity contribution in [1.29, 1.82) is 0 Å². The highest BCUT2D eigenvalue weighted by Gasteiger charge is 1.86. The summed E-state index contributed by atoms with van der Waals surface area (Å²) in [6, 6.07) is 0. The van der Waals surface area contributed by atoms with Gasteiger partial charge in [0.2, 0.25) is 0 Å². The first-order chi connectivity index (χ1) is 5.22. The van der Waals surface area contributed by atoms with Gasteiger partial charge in [-0.1, -0.05) is 18.7 Å². The molecule has 0 aromatic heterocycles. The van der Waals surface area contributed by atoms with E-state index in [1.807, 2.05) is 26.0 Å². The molecule has 2 heteroatoms. The number of carbonyl (C=O) groups excluding carboxylic acids is 1. The van der Waals surface area contributed by atoms with Crippen molar-refractivity contribution >= 4 is 5.97 Å². The number of hydrogen-bond acceptors (Lipinski definition) is 2. The molecule has 0 aromatic carbocycles. The Hall–Kier alpha value is -1.05. The molecule has 0 radical (unpaired) electrons. The normalized spacial score (nSPS) is 8.27. The van der Waals surface area contributed by atoms with Crippen LogP contribution >= 0.6 is 0 Å². The number of esters is 1. The zero-order chi connectivity index (χ0) is 9.11. The number of carbonyl (C=O) groups is 1. The van der Waals surface area contributed by atoms with Crippen molar-refractivity contribution in [1.82, 2.24) is 0 Å². The van der Waals surface area contributed by atoms with Crippen LogP contribution in [0.3, 0.4) is 0 Å². The van der Waals surface area contributed by atoms with Crippen LogP contribution in [-0.2, 0) is 9.53 Å². The van der Waals surface area contributed by atoms with E-state index in [0.717, 1.165) is 6.08 Å². The van der Waals surface area contributed by atoms with Crippen LogP contribution in [0.1, 0.15) is 20.8 Å². The van der Waals surface area contributed by atoms with E-state index in [1.165, 1.54) is 0 Å². The monoisotopic (exact) mass is 156 g/mol. The molecule has 0 aliphatic carbocycles. The topological polar surface area (TPSA) is 26.3 Å². The van der Waals surface area contributed by atoms with Crippen LogP contribution in [0, 0.1) is 0 Å². The Morgan fingerprint density at radius 2 is 1.91 bits per heavy atom. The van der Waals surface area contributed by atoms with Gasteiger partial charge in [0.25, 0.3) is 0 Å². The predicted molar refractivity (Wildman–Crippen MR) is 47.3 cm³/mol. The van der Waals surface area contributed by atoms with E-state index in [-0.39, 0.29) is 5.97 Å². The summed E-state index contributed by atoms with van der Waals surface area (Å²) in [6.07, 6.45) is 5.14. The second kappa shape index (κ2) is 11.7. The molecule has 0 aliphatic heterocycles. The lowest BCUT2D eigenvalue weighted by molar-refractivity contribution is -0.137. The van der Waals surface area contributed by atoms with Crippen molar-refractivity contribution in [2.75, 3.05) is 6.61 Å². The number of ether oxygens (including phenoxy) is 1. The molecule has 0 atom stereocenters. The van der Waals surface area contributed by atoms with E-state index >= 15 is 0 Å². The summed E-state index contributed by atoms with van der Waals surface area (Å²) in [5, 5.41) is 0. The van der Waals surface area contributed by atoms with Crippen molar-refractivity contribution in [3.63, 3.8) is 0 Å². The highest BCUT2D eigenvalue weighted by molar-refractivity contribution is 5.81. The van der Waals surface area contributed by atoms with Crippen LogP contribution in [0.2, 0.25) is 0 Å². The molecule has 0 bridgehead atoms. The molecule has 0 saturated heterocycles. The maximum atomic E-state index is 10.1. The van der Waals surface area contributed by atoms with Crippen molar-refractivity contribution in [3.05, 3.63) is 24.8 Å². The van der Waals surface area contributed by atoms with Gasteiger partial charge in [-0.05, 0) is 20.8 Å². The van der Waals surface area contributed by atoms with Gasteiger partial charge in [-0.3, -0.25) is 0 Å². The largest absolute Gasteiger partial charge is 0.463 e. The summed E-state index contributed by atoms with van der Waals surface area (Å²) >= 11 is 0. The first-order valence-corrected chi connectivity index (χ1v) is 3.59. The quantitative estimate of drug-likeness (QED) is 0.348. The smallest absolute Gasteiger partial charge is 0.330 e. The molecule has 0 aromatic rings. The third kappa shape index (κ3) is 17.6. The Labute approximate surface area is 68.6 Å². The van der Waals surface area contributed by atoms with Gasteiger partial charge in [0.1, 0.15) is 0 Å². The molecule has 0 amide bonds. The third-order valence-electron chi connectivity index (χ3n) is 0.787. The number of allylic oxidation sites excluding steroid dienone is 2. The van der Waals surface area contributed by atoms with Crippen molar-refractivity contribution < 1.29 is 9.53 Å². The van der Waals surface area contributed by atoms with E-state index in [4.69, 9.17) is 0 Å². The summed E-state index contributed by atoms with van der Waals surface area (Å²) < 4.78 is 4.43. The lowest BCUT2D eigenvalue weighted by atomic mass is 10.6. The van der Waals surface area contributed by atoms with Gasteiger partial charge >= 0.3 is 5.97 Å². The Morgan fingerprint density at radius 1 is 1.45 bits per heavy atom. The standard InChI is InChI=1S/C5H8O2.C4H8/c1-3-5(6)7-4-2;1-3-4-2/h3H,1,4H2,2H3;3-4H,1-2H3. The minimum absolute atomic E-state index is 0.359. The second-order valence-electron chi connectivity index (χ2n) is 1.62. The summed E-state index contributed by atoms with van der Waals surface area (Å²) in [7, 11) is 0. The van der Waals surface area contributed by atoms with Crippen LogP contribution in [-0.4, -0.2) is 12.6 Å². The van der Waals surface area contributed by atoms with Crippen LogP contribution in [0.4, 0.5) is 0 Å². The van der Waals surface area contributed by atoms with E-state index in [0.29, 0.717) is 6.61 Å². The van der Waals surface area contributed by atoms with Gasteiger partial charge in [-0.25, -0.2) is 4.79 Å². The fourth-order valence-electron chi connectivity index (χ4n) is 0.201. The Morgan fingerprint density at radius 3 is 2.00 bits per heavy atom. The van der Waals surface area contributed by atoms with Crippen molar-refractivity contribution in [3.8, 4) is 0 Å². The Kier molecular flexibility index (Phi) is 13.4. The number of hydrogen-bond donors (Lipinski definition) is 0. The minimum Gasteiger partial charge on any atom is -0.463 e. The van der Waals surface area contributed by atoms with E-state index in [1.54, 1.807) is 6.92 Å². The minimum atomic E-state index is -0.359. The van der Waals surface area contributed by atoms with Crippen molar-refractivity contribution in [2.45, 2.75) is 20.8 Å². The second-order valence-corrected chi connectivity index (χ2v) is 1.62. The van der Waals surface area contributed by atoms with Crippen molar-refractivity contribution in [2.24, 2.45) is 0 Å². The van der Waals surface area contributed by atoms with E-state index in [2.05, 4.69) is 11.3 Å². The maximum absolute atomic E-state index is 10.1. The summed E-state index contributed by atoms with van der Waals surface area (Å²) in [5.74, 6) is -0.359. The first-order valence-electron chi connectivity index (χ1n) is 3.59. The van der Waals surface area contributed by atoms with Crippen LogP contribution < -0.4 is 0 Å². The van der Waals surface area contributed by atoms with Gasteiger partial charge < -0.3 is 4.74 Å². The summed E-state index contributed by atoms with van der Waals surface area (Å²) in [6.45, 7) is 9.38. The van der Waals surface area contributed by atoms with Crippen LogP contribution in [0.15, 0.2) is 24.8 Å². The molecular weight excluding hydrogens is 140 g/mol. The molecule has 2 nitrogen and oxygen atoms in total. The SMILES string of the molecule is C=CC(=O)OCC.CC=CC. The molecule has 0 spiro atoms. The first kappa shape index (κ1) is 12.6. The zero-order valence-electron chi connectivity index (χ0n) is 7.46. The Balaban J connectivity index is 0. The fraction of sp³-hybridized carbons (Fsp3) is 0.444. The molecule has 64 valence electrons. The van der Waals surface area contributed by atoms with E-state index < -0.39 is 0 Å². The summed E-state index contributed by atoms with van der Waals surface area (Å²) in [5.41, 5.74) is 0. The highest BCUT2D eigenvalue weighted by atomic mass is 16.5. The highest BCUT2D eigenvalue weighted by Crippen LogP contribution is 1.74. The van der Waals surface area contributed by atoms with Gasteiger partial charge in [0.15, 0.2) is 0 Å². The third-order valence-corrected chi connectivity index (χ3v) is 0.787. The van der Waals surface area contributed by atoms with Gasteiger partial charge in [-0.2, -0.15) is 0 Å². The lowest BCUT2D eigenvalue weighted by Gasteiger charge is -1.90. The average molecular weight is 156 g/mol. The zero-order valence-corrected chi connectivity index (χ0v) is 7.46. The van der Waals surface area contributed by atoms with E-state index in [9.17, 15) is 4.79 Å². The molecule has 0 N–H and O–H groups in total. The molecule has 0 saturated carbocycles. The molecule has 0 aliphatic rings. The fourth-order valence-corrected chi connectivity index (χ4v) is 0.201. The van der Waals surface area contributed by atoms with Gasteiger partial charge in [0.05, 0.1) is 6.61 Å². The molecule has 11 heavy (non-hydrogen) atoms. The number of rotatable bonds is 2. The van der Waals surface area contributed by atoms with Gasteiger partial charge in [-0.15, -0.1) is 0 Å². The average Bonchev–Trinajstić information content (AvgIpc) is 2.05. The summed E-state index contributed by atoms with van der Waals surface area (Å²) in [4.78, 5) is 10.1. The van der Waals surface area contributed by atoms with Gasteiger partial charge in [0, 0.05) is 6.08 Å². The molecule has 0 rings (SSSR count). The van der Waals surface area contributed by atoms with Crippen LogP contribution in [0.25, 0.3) is 0 Å².